The molecule has 0 aromatic carbocycles. The number of rotatable bonds is 6. The Kier molecular flexibility index (Phi) is 4.20. The normalized spacial score (nSPS) is 11.2. The minimum absolute atomic E-state index is 0.0874. The topological polar surface area (TPSA) is 39.8 Å². The Morgan fingerprint density at radius 1 is 1.26 bits per heavy atom. The zero-order valence-corrected chi connectivity index (χ0v) is 11.8. The van der Waals surface area contributed by atoms with Gasteiger partial charge in [0.05, 0.1) is 24.0 Å². The van der Waals surface area contributed by atoms with Crippen LogP contribution in [0.5, 0.6) is 0 Å². The van der Waals surface area contributed by atoms with Gasteiger partial charge in [0, 0.05) is 19.3 Å². The Morgan fingerprint density at radius 3 is 2.63 bits per heavy atom. The van der Waals surface area contributed by atoms with Gasteiger partial charge in [-0.1, -0.05) is 13.8 Å². The van der Waals surface area contributed by atoms with Crippen molar-refractivity contribution in [1.82, 2.24) is 14.3 Å². The fourth-order valence-electron chi connectivity index (χ4n) is 2.37. The van der Waals surface area contributed by atoms with Crippen LogP contribution in [0.1, 0.15) is 55.8 Å². The molecule has 2 aromatic heterocycles. The molecular formula is C15H21N3O. The van der Waals surface area contributed by atoms with Crippen LogP contribution in [0.25, 0.3) is 0 Å². The second-order valence-electron chi connectivity index (χ2n) is 4.83. The van der Waals surface area contributed by atoms with Gasteiger partial charge in [-0.25, -0.2) is 0 Å². The monoisotopic (exact) mass is 259 g/mol. The van der Waals surface area contributed by atoms with E-state index in [1.807, 2.05) is 39.8 Å². The number of aromatic nitrogens is 3. The van der Waals surface area contributed by atoms with E-state index in [0.29, 0.717) is 12.6 Å². The van der Waals surface area contributed by atoms with Gasteiger partial charge in [0.2, 0.25) is 0 Å². The molecule has 0 radical (unpaired) electrons. The SMILES string of the molecule is CCC(CC)n1ccc(Cn2cccc2C(C)=O)n1. The average molecular weight is 259 g/mol. The number of hydrogen-bond donors (Lipinski definition) is 0. The summed E-state index contributed by atoms with van der Waals surface area (Å²) in [5.41, 5.74) is 1.72. The first-order valence-electron chi connectivity index (χ1n) is 6.85. The number of carbonyl (C=O) groups excluding carboxylic acids is 1. The lowest BCUT2D eigenvalue weighted by Crippen LogP contribution is -2.10. The van der Waals surface area contributed by atoms with Crippen LogP contribution in [0.15, 0.2) is 30.6 Å². The van der Waals surface area contributed by atoms with Crippen LogP contribution >= 0.6 is 0 Å². The smallest absolute Gasteiger partial charge is 0.176 e. The maximum atomic E-state index is 11.5. The molecule has 4 nitrogen and oxygen atoms in total. The lowest BCUT2D eigenvalue weighted by Gasteiger charge is -2.12. The highest BCUT2D eigenvalue weighted by Gasteiger charge is 2.10. The van der Waals surface area contributed by atoms with Crippen LogP contribution in [-0.2, 0) is 6.54 Å². The van der Waals surface area contributed by atoms with Crippen molar-refractivity contribution in [2.75, 3.05) is 0 Å². The molecule has 0 unspecified atom stereocenters. The first kappa shape index (κ1) is 13.6. The maximum Gasteiger partial charge on any atom is 0.176 e. The molecule has 0 saturated carbocycles. The van der Waals surface area contributed by atoms with E-state index in [1.54, 1.807) is 6.92 Å². The standard InChI is InChI=1S/C15H21N3O/c1-4-14(5-2)18-10-8-13(16-18)11-17-9-6-7-15(17)12(3)19/h6-10,14H,4-5,11H2,1-3H3. The Balaban J connectivity index is 2.16. The van der Waals surface area contributed by atoms with Crippen LogP contribution in [0, 0.1) is 0 Å². The third-order valence-corrected chi connectivity index (χ3v) is 3.50. The predicted molar refractivity (Wildman–Crippen MR) is 75.4 cm³/mol. The highest BCUT2D eigenvalue weighted by molar-refractivity contribution is 5.92. The molecule has 2 rings (SSSR count). The molecule has 0 bridgehead atoms. The second kappa shape index (κ2) is 5.87. The van der Waals surface area contributed by atoms with E-state index in [9.17, 15) is 4.79 Å². The molecule has 102 valence electrons. The number of hydrogen-bond acceptors (Lipinski definition) is 2. The second-order valence-corrected chi connectivity index (χ2v) is 4.83. The molecule has 2 heterocycles. The lowest BCUT2D eigenvalue weighted by atomic mass is 10.2. The molecule has 0 amide bonds. The molecule has 0 aliphatic carbocycles. The van der Waals surface area contributed by atoms with Crippen LogP contribution in [0.4, 0.5) is 0 Å². The summed E-state index contributed by atoms with van der Waals surface area (Å²) in [5, 5.41) is 4.61. The van der Waals surface area contributed by atoms with Crippen molar-refractivity contribution in [3.63, 3.8) is 0 Å². The van der Waals surface area contributed by atoms with E-state index in [2.05, 4.69) is 18.9 Å². The minimum Gasteiger partial charge on any atom is -0.339 e. The van der Waals surface area contributed by atoms with Gasteiger partial charge in [-0.2, -0.15) is 5.10 Å². The average Bonchev–Trinajstić information content (AvgIpc) is 3.01. The Labute approximate surface area is 114 Å². The number of carbonyl (C=O) groups is 1. The van der Waals surface area contributed by atoms with Crippen molar-refractivity contribution in [1.29, 1.82) is 0 Å². The highest BCUT2D eigenvalue weighted by Crippen LogP contribution is 2.15. The summed E-state index contributed by atoms with van der Waals surface area (Å²) in [6.07, 6.45) is 6.12. The Morgan fingerprint density at radius 2 is 2.00 bits per heavy atom. The summed E-state index contributed by atoms with van der Waals surface area (Å²) in [7, 11) is 0. The van der Waals surface area contributed by atoms with E-state index in [-0.39, 0.29) is 5.78 Å². The first-order valence-corrected chi connectivity index (χ1v) is 6.85. The molecule has 19 heavy (non-hydrogen) atoms. The van der Waals surface area contributed by atoms with Crippen molar-refractivity contribution in [2.24, 2.45) is 0 Å². The van der Waals surface area contributed by atoms with Gasteiger partial charge in [0.25, 0.3) is 0 Å². The number of ketones is 1. The summed E-state index contributed by atoms with van der Waals surface area (Å²) in [5.74, 6) is 0.0874. The summed E-state index contributed by atoms with van der Waals surface area (Å²) in [6.45, 7) is 6.59. The summed E-state index contributed by atoms with van der Waals surface area (Å²) < 4.78 is 3.98. The van der Waals surface area contributed by atoms with Gasteiger partial charge in [0.15, 0.2) is 5.78 Å². The number of nitrogens with zero attached hydrogens (tertiary/aromatic N) is 3. The Hall–Kier alpha value is -1.84. The van der Waals surface area contributed by atoms with Gasteiger partial charge >= 0.3 is 0 Å². The van der Waals surface area contributed by atoms with Crippen molar-refractivity contribution in [3.8, 4) is 0 Å². The van der Waals surface area contributed by atoms with Gasteiger partial charge < -0.3 is 4.57 Å². The van der Waals surface area contributed by atoms with Crippen LogP contribution in [0.3, 0.4) is 0 Å². The molecule has 0 aliphatic rings. The van der Waals surface area contributed by atoms with Gasteiger partial charge in [0.1, 0.15) is 0 Å². The highest BCUT2D eigenvalue weighted by atomic mass is 16.1. The quantitative estimate of drug-likeness (QED) is 0.747. The van der Waals surface area contributed by atoms with Crippen molar-refractivity contribution in [3.05, 3.63) is 42.0 Å². The van der Waals surface area contributed by atoms with Crippen molar-refractivity contribution < 1.29 is 4.79 Å². The summed E-state index contributed by atoms with van der Waals surface area (Å²) >= 11 is 0. The number of Topliss-reactive ketones (excluding diaryl/α,β-unsaturated/α-hetero) is 1. The van der Waals surface area contributed by atoms with Gasteiger partial charge in [-0.3, -0.25) is 9.48 Å². The van der Waals surface area contributed by atoms with E-state index in [0.717, 1.165) is 24.2 Å². The van der Waals surface area contributed by atoms with E-state index in [4.69, 9.17) is 0 Å². The predicted octanol–water partition coefficient (Wildman–Crippen LogP) is 3.30. The molecule has 2 aromatic rings. The first-order chi connectivity index (χ1) is 9.15. The molecule has 0 spiro atoms. The van der Waals surface area contributed by atoms with Gasteiger partial charge in [-0.05, 0) is 31.0 Å². The lowest BCUT2D eigenvalue weighted by molar-refractivity contribution is 0.100. The van der Waals surface area contributed by atoms with Crippen molar-refractivity contribution in [2.45, 2.75) is 46.2 Å². The third-order valence-electron chi connectivity index (χ3n) is 3.50. The summed E-state index contributed by atoms with van der Waals surface area (Å²) in [6, 6.07) is 6.24. The zero-order chi connectivity index (χ0) is 13.8. The molecule has 0 atom stereocenters. The molecular weight excluding hydrogens is 238 g/mol. The molecule has 0 saturated heterocycles. The van der Waals surface area contributed by atoms with Gasteiger partial charge in [-0.15, -0.1) is 0 Å². The largest absolute Gasteiger partial charge is 0.339 e. The molecule has 0 fully saturated rings. The molecule has 0 aliphatic heterocycles. The van der Waals surface area contributed by atoms with E-state index in [1.165, 1.54) is 0 Å². The zero-order valence-electron chi connectivity index (χ0n) is 11.8. The van der Waals surface area contributed by atoms with Crippen LogP contribution in [-0.4, -0.2) is 20.1 Å². The van der Waals surface area contributed by atoms with Crippen LogP contribution in [0.2, 0.25) is 0 Å². The fraction of sp³-hybridized carbons (Fsp3) is 0.467. The third kappa shape index (κ3) is 2.95. The van der Waals surface area contributed by atoms with E-state index >= 15 is 0 Å². The summed E-state index contributed by atoms with van der Waals surface area (Å²) in [4.78, 5) is 11.5. The van der Waals surface area contributed by atoms with E-state index < -0.39 is 0 Å². The Bertz CT molecular complexity index is 549. The molecule has 0 N–H and O–H groups in total. The van der Waals surface area contributed by atoms with Crippen LogP contribution < -0.4 is 0 Å². The fourth-order valence-corrected chi connectivity index (χ4v) is 2.37. The molecule has 4 heteroatoms. The van der Waals surface area contributed by atoms with Crippen molar-refractivity contribution >= 4 is 5.78 Å². The maximum absolute atomic E-state index is 11.5. The minimum atomic E-state index is 0.0874.